The SMILES string of the molecule is COc1cc(-c2sc(Cl)cc2NC(=O)OC(C)c2cccc(F)c2)ccc1-c1ccc(C2CC2)cc1. The van der Waals surface area contributed by atoms with Crippen LogP contribution in [0, 0.1) is 5.82 Å². The van der Waals surface area contributed by atoms with E-state index in [4.69, 9.17) is 21.1 Å². The summed E-state index contributed by atoms with van der Waals surface area (Å²) in [5.74, 6) is 1.05. The molecule has 1 aliphatic carbocycles. The quantitative estimate of drug-likeness (QED) is 0.264. The number of rotatable bonds is 7. The average molecular weight is 522 g/mol. The van der Waals surface area contributed by atoms with Crippen LogP contribution in [0.1, 0.15) is 42.9 Å². The number of ether oxygens (including phenoxy) is 2. The smallest absolute Gasteiger partial charge is 0.412 e. The van der Waals surface area contributed by atoms with Gasteiger partial charge in [0.25, 0.3) is 0 Å². The fourth-order valence-corrected chi connectivity index (χ4v) is 5.40. The minimum Gasteiger partial charge on any atom is -0.496 e. The number of hydrogen-bond acceptors (Lipinski definition) is 4. The minimum atomic E-state index is -0.651. The second-order valence-corrected chi connectivity index (χ2v) is 10.5. The van der Waals surface area contributed by atoms with Crippen LogP contribution in [0.2, 0.25) is 4.34 Å². The number of halogens is 2. The van der Waals surface area contributed by atoms with Crippen molar-refractivity contribution in [3.8, 4) is 27.3 Å². The topological polar surface area (TPSA) is 47.6 Å². The molecule has 4 aromatic rings. The van der Waals surface area contributed by atoms with Crippen molar-refractivity contribution in [2.45, 2.75) is 31.8 Å². The molecule has 1 heterocycles. The Balaban J connectivity index is 1.36. The normalized spacial score (nSPS) is 13.8. The summed E-state index contributed by atoms with van der Waals surface area (Å²) in [6, 6.07) is 22.3. The van der Waals surface area contributed by atoms with Gasteiger partial charge in [-0.15, -0.1) is 11.3 Å². The summed E-state index contributed by atoms with van der Waals surface area (Å²) < 4.78 is 25.2. The Kier molecular flexibility index (Phi) is 6.99. The van der Waals surface area contributed by atoms with Crippen LogP contribution in [0.5, 0.6) is 5.75 Å². The molecule has 0 radical (unpaired) electrons. The largest absolute Gasteiger partial charge is 0.496 e. The van der Waals surface area contributed by atoms with Crippen LogP contribution in [0.25, 0.3) is 21.6 Å². The Hall–Kier alpha value is -3.35. The number of thiophene rings is 1. The maximum absolute atomic E-state index is 13.5. The zero-order valence-electron chi connectivity index (χ0n) is 19.9. The Morgan fingerprint density at radius 1 is 1.06 bits per heavy atom. The van der Waals surface area contributed by atoms with Crippen molar-refractivity contribution < 1.29 is 18.7 Å². The molecule has 5 rings (SSSR count). The number of nitrogens with one attached hydrogen (secondary N) is 1. The molecule has 1 aliphatic rings. The fourth-order valence-electron chi connectivity index (χ4n) is 4.22. The predicted molar refractivity (Wildman–Crippen MR) is 144 cm³/mol. The molecular formula is C29H25ClFNO3S. The van der Waals surface area contributed by atoms with E-state index in [1.165, 1.54) is 41.9 Å². The van der Waals surface area contributed by atoms with Crippen molar-refractivity contribution in [3.05, 3.63) is 94.1 Å². The molecule has 1 unspecified atom stereocenters. The summed E-state index contributed by atoms with van der Waals surface area (Å²) in [5.41, 5.74) is 5.42. The van der Waals surface area contributed by atoms with Crippen LogP contribution in [-0.2, 0) is 4.74 Å². The molecule has 1 amide bonds. The number of carbonyl (C=O) groups excluding carboxylic acids is 1. The Bertz CT molecular complexity index is 1400. The van der Waals surface area contributed by atoms with Crippen molar-refractivity contribution in [1.29, 1.82) is 0 Å². The maximum Gasteiger partial charge on any atom is 0.412 e. The highest BCUT2D eigenvalue weighted by Gasteiger charge is 2.23. The zero-order chi connectivity index (χ0) is 25.2. The van der Waals surface area contributed by atoms with E-state index >= 15 is 0 Å². The van der Waals surface area contributed by atoms with E-state index in [2.05, 4.69) is 29.6 Å². The lowest BCUT2D eigenvalue weighted by molar-refractivity contribution is 0.121. The summed E-state index contributed by atoms with van der Waals surface area (Å²) in [5, 5.41) is 2.78. The van der Waals surface area contributed by atoms with E-state index in [1.54, 1.807) is 32.2 Å². The van der Waals surface area contributed by atoms with Crippen molar-refractivity contribution in [1.82, 2.24) is 0 Å². The van der Waals surface area contributed by atoms with E-state index in [-0.39, 0.29) is 5.82 Å². The van der Waals surface area contributed by atoms with E-state index in [0.29, 0.717) is 21.5 Å². The molecule has 0 aliphatic heterocycles. The molecule has 1 N–H and O–H groups in total. The van der Waals surface area contributed by atoms with E-state index in [1.807, 2.05) is 18.2 Å². The van der Waals surface area contributed by atoms with Gasteiger partial charge in [-0.2, -0.15) is 0 Å². The third-order valence-electron chi connectivity index (χ3n) is 6.27. The van der Waals surface area contributed by atoms with Gasteiger partial charge in [-0.3, -0.25) is 5.32 Å². The lowest BCUT2D eigenvalue weighted by Crippen LogP contribution is -2.16. The summed E-state index contributed by atoms with van der Waals surface area (Å²) in [6.45, 7) is 1.69. The van der Waals surface area contributed by atoms with Crippen molar-refractivity contribution >= 4 is 34.7 Å². The molecule has 7 heteroatoms. The number of methoxy groups -OCH3 is 1. The van der Waals surface area contributed by atoms with Crippen molar-refractivity contribution in [3.63, 3.8) is 0 Å². The summed E-state index contributed by atoms with van der Waals surface area (Å²) >= 11 is 7.67. The standard InChI is InChI=1S/C29H25ClFNO3S/c1-17(21-4-3-5-23(31)14-21)35-29(33)32-25-16-27(30)36-28(25)22-12-13-24(26(15-22)34-2)20-10-8-19(9-11-20)18-6-7-18/h3-5,8-18H,6-7H2,1-2H3,(H,32,33). The third kappa shape index (κ3) is 5.40. The van der Waals surface area contributed by atoms with Gasteiger partial charge >= 0.3 is 6.09 Å². The first-order valence-corrected chi connectivity index (χ1v) is 12.9. The first kappa shape index (κ1) is 24.3. The van der Waals surface area contributed by atoms with Crippen LogP contribution < -0.4 is 10.1 Å². The summed E-state index contributed by atoms with van der Waals surface area (Å²) in [7, 11) is 1.65. The third-order valence-corrected chi connectivity index (χ3v) is 7.59. The van der Waals surface area contributed by atoms with Crippen LogP contribution in [-0.4, -0.2) is 13.2 Å². The molecular weight excluding hydrogens is 497 g/mol. The molecule has 4 nitrogen and oxygen atoms in total. The second-order valence-electron chi connectivity index (χ2n) is 8.83. The molecule has 184 valence electrons. The fraction of sp³-hybridized carbons (Fsp3) is 0.207. The van der Waals surface area contributed by atoms with Gasteiger partial charge in [-0.1, -0.05) is 60.1 Å². The summed E-state index contributed by atoms with van der Waals surface area (Å²) in [4.78, 5) is 13.4. The molecule has 1 fully saturated rings. The molecule has 1 aromatic heterocycles. The second kappa shape index (κ2) is 10.3. The Morgan fingerprint density at radius 3 is 2.50 bits per heavy atom. The van der Waals surface area contributed by atoms with Gasteiger partial charge in [0.15, 0.2) is 0 Å². The van der Waals surface area contributed by atoms with Crippen LogP contribution in [0.15, 0.2) is 72.8 Å². The van der Waals surface area contributed by atoms with Gasteiger partial charge in [0.1, 0.15) is 17.7 Å². The highest BCUT2D eigenvalue weighted by atomic mass is 35.5. The summed E-state index contributed by atoms with van der Waals surface area (Å²) in [6.07, 6.45) is 1.27. The van der Waals surface area contributed by atoms with E-state index in [0.717, 1.165) is 27.3 Å². The predicted octanol–water partition coefficient (Wildman–Crippen LogP) is 9.07. The number of benzene rings is 3. The average Bonchev–Trinajstić information content (AvgIpc) is 3.66. The minimum absolute atomic E-state index is 0.383. The van der Waals surface area contributed by atoms with Gasteiger partial charge in [-0.05, 0) is 72.2 Å². The Labute approximate surface area is 218 Å². The van der Waals surface area contributed by atoms with E-state index < -0.39 is 12.2 Å². The number of hydrogen-bond donors (Lipinski definition) is 1. The molecule has 36 heavy (non-hydrogen) atoms. The molecule has 1 saturated carbocycles. The highest BCUT2D eigenvalue weighted by molar-refractivity contribution is 7.20. The van der Waals surface area contributed by atoms with Crippen LogP contribution in [0.3, 0.4) is 0 Å². The highest BCUT2D eigenvalue weighted by Crippen LogP contribution is 2.44. The zero-order valence-corrected chi connectivity index (χ0v) is 21.5. The van der Waals surface area contributed by atoms with Crippen LogP contribution in [0.4, 0.5) is 14.9 Å². The molecule has 0 saturated heterocycles. The van der Waals surface area contributed by atoms with Crippen LogP contribution >= 0.6 is 22.9 Å². The van der Waals surface area contributed by atoms with E-state index in [9.17, 15) is 9.18 Å². The lowest BCUT2D eigenvalue weighted by Gasteiger charge is -2.15. The molecule has 1 atom stereocenters. The first-order chi connectivity index (χ1) is 17.4. The van der Waals surface area contributed by atoms with Gasteiger partial charge in [0, 0.05) is 5.56 Å². The number of anilines is 1. The van der Waals surface area contributed by atoms with Gasteiger partial charge in [0.05, 0.1) is 22.0 Å². The van der Waals surface area contributed by atoms with Gasteiger partial charge in [-0.25, -0.2) is 9.18 Å². The van der Waals surface area contributed by atoms with Crippen molar-refractivity contribution in [2.75, 3.05) is 12.4 Å². The first-order valence-electron chi connectivity index (χ1n) is 11.7. The number of amides is 1. The molecule has 3 aromatic carbocycles. The Morgan fingerprint density at radius 2 is 1.81 bits per heavy atom. The lowest BCUT2D eigenvalue weighted by atomic mass is 9.99. The van der Waals surface area contributed by atoms with Crippen molar-refractivity contribution in [2.24, 2.45) is 0 Å². The van der Waals surface area contributed by atoms with Gasteiger partial charge < -0.3 is 9.47 Å². The monoisotopic (exact) mass is 521 g/mol. The molecule has 0 spiro atoms. The van der Waals surface area contributed by atoms with Gasteiger partial charge in [0.2, 0.25) is 0 Å². The maximum atomic E-state index is 13.5. The number of carbonyl (C=O) groups is 1. The molecule has 0 bridgehead atoms.